The van der Waals surface area contributed by atoms with Gasteiger partial charge in [0.1, 0.15) is 0 Å². The fourth-order valence-electron chi connectivity index (χ4n) is 2.13. The van der Waals surface area contributed by atoms with Gasteiger partial charge >= 0.3 is 0 Å². The molecular formula is C15H21N3O. The number of para-hydroxylation sites is 1. The fraction of sp³-hybridized carbons (Fsp3) is 0.400. The van der Waals surface area contributed by atoms with Gasteiger partial charge in [-0.05, 0) is 24.5 Å². The van der Waals surface area contributed by atoms with E-state index in [1.807, 2.05) is 36.5 Å². The normalized spacial score (nSPS) is 14.6. The first-order valence-electron chi connectivity index (χ1n) is 6.61. The van der Waals surface area contributed by atoms with Gasteiger partial charge in [0.2, 0.25) is 0 Å². The van der Waals surface area contributed by atoms with Crippen molar-refractivity contribution in [1.29, 1.82) is 0 Å². The maximum absolute atomic E-state index is 10.2. The van der Waals surface area contributed by atoms with Crippen LogP contribution >= 0.6 is 0 Å². The molecular weight excluding hydrogens is 238 g/mol. The van der Waals surface area contributed by atoms with Gasteiger partial charge in [-0.3, -0.25) is 0 Å². The first-order chi connectivity index (χ1) is 9.08. The van der Waals surface area contributed by atoms with Gasteiger partial charge in [0.15, 0.2) is 0 Å². The summed E-state index contributed by atoms with van der Waals surface area (Å²) >= 11 is 0. The molecule has 0 aliphatic rings. The first kappa shape index (κ1) is 13.8. The molecule has 0 fully saturated rings. The molecule has 102 valence electrons. The van der Waals surface area contributed by atoms with Crippen molar-refractivity contribution in [2.75, 3.05) is 0 Å². The van der Waals surface area contributed by atoms with Crippen LogP contribution in [-0.2, 0) is 0 Å². The molecule has 1 aromatic heterocycles. The van der Waals surface area contributed by atoms with Crippen molar-refractivity contribution >= 4 is 0 Å². The third kappa shape index (κ3) is 3.43. The number of hydrogen-bond acceptors (Lipinski definition) is 3. The maximum atomic E-state index is 10.2. The highest BCUT2D eigenvalue weighted by molar-refractivity contribution is 5.31. The van der Waals surface area contributed by atoms with Crippen LogP contribution in [0.5, 0.6) is 0 Å². The Hall–Kier alpha value is -1.65. The van der Waals surface area contributed by atoms with Crippen molar-refractivity contribution in [1.82, 2.24) is 9.78 Å². The Balaban J connectivity index is 2.13. The Kier molecular flexibility index (Phi) is 4.35. The smallest absolute Gasteiger partial charge is 0.0971 e. The van der Waals surface area contributed by atoms with E-state index in [-0.39, 0.29) is 6.04 Å². The molecule has 2 aromatic rings. The summed E-state index contributed by atoms with van der Waals surface area (Å²) in [6.07, 6.45) is 3.63. The highest BCUT2D eigenvalue weighted by atomic mass is 16.3. The summed E-state index contributed by atoms with van der Waals surface area (Å²) in [4.78, 5) is 0. The Morgan fingerprint density at radius 2 is 1.95 bits per heavy atom. The topological polar surface area (TPSA) is 64.1 Å². The van der Waals surface area contributed by atoms with Gasteiger partial charge in [-0.2, -0.15) is 5.10 Å². The molecule has 0 saturated heterocycles. The largest absolute Gasteiger partial charge is 0.387 e. The monoisotopic (exact) mass is 259 g/mol. The van der Waals surface area contributed by atoms with Gasteiger partial charge in [-0.1, -0.05) is 32.0 Å². The summed E-state index contributed by atoms with van der Waals surface area (Å²) in [5.41, 5.74) is 7.74. The van der Waals surface area contributed by atoms with E-state index in [9.17, 15) is 5.11 Å². The lowest BCUT2D eigenvalue weighted by atomic mass is 9.97. The quantitative estimate of drug-likeness (QED) is 0.865. The Labute approximate surface area is 113 Å². The third-order valence-electron chi connectivity index (χ3n) is 3.11. The van der Waals surface area contributed by atoms with Gasteiger partial charge in [0.25, 0.3) is 0 Å². The summed E-state index contributed by atoms with van der Waals surface area (Å²) < 4.78 is 1.75. The van der Waals surface area contributed by atoms with Gasteiger partial charge in [0.05, 0.1) is 18.0 Å². The van der Waals surface area contributed by atoms with Crippen molar-refractivity contribution in [2.24, 2.45) is 11.7 Å². The van der Waals surface area contributed by atoms with E-state index >= 15 is 0 Å². The van der Waals surface area contributed by atoms with Crippen LogP contribution in [0.15, 0.2) is 42.7 Å². The zero-order chi connectivity index (χ0) is 13.8. The van der Waals surface area contributed by atoms with E-state index in [0.29, 0.717) is 5.92 Å². The number of aliphatic hydroxyl groups excluding tert-OH is 1. The second-order valence-electron chi connectivity index (χ2n) is 5.29. The van der Waals surface area contributed by atoms with Gasteiger partial charge in [0, 0.05) is 17.8 Å². The third-order valence-corrected chi connectivity index (χ3v) is 3.11. The molecule has 4 heteroatoms. The molecule has 0 spiro atoms. The molecule has 4 nitrogen and oxygen atoms in total. The molecule has 0 saturated carbocycles. The predicted octanol–water partition coefficient (Wildman–Crippen LogP) is 2.28. The standard InChI is InChI=1S/C15H21N3O/c1-11(2)8-14(16)15(19)12-9-17-18(10-12)13-6-4-3-5-7-13/h3-7,9-11,14-15,19H,8,16H2,1-2H3. The zero-order valence-electron chi connectivity index (χ0n) is 11.4. The van der Waals surface area contributed by atoms with E-state index in [1.54, 1.807) is 10.9 Å². The van der Waals surface area contributed by atoms with Crippen molar-refractivity contribution < 1.29 is 5.11 Å². The van der Waals surface area contributed by atoms with Crippen molar-refractivity contribution in [3.8, 4) is 5.69 Å². The lowest BCUT2D eigenvalue weighted by molar-refractivity contribution is 0.136. The number of hydrogen-bond donors (Lipinski definition) is 2. The molecule has 19 heavy (non-hydrogen) atoms. The molecule has 3 N–H and O–H groups in total. The molecule has 1 heterocycles. The lowest BCUT2D eigenvalue weighted by Crippen LogP contribution is -2.29. The van der Waals surface area contributed by atoms with Crippen molar-refractivity contribution in [3.63, 3.8) is 0 Å². The van der Waals surface area contributed by atoms with E-state index in [1.165, 1.54) is 0 Å². The van der Waals surface area contributed by atoms with Crippen LogP contribution in [0.25, 0.3) is 5.69 Å². The van der Waals surface area contributed by atoms with Crippen LogP contribution in [0.1, 0.15) is 31.9 Å². The van der Waals surface area contributed by atoms with Crippen molar-refractivity contribution in [3.05, 3.63) is 48.3 Å². The number of benzene rings is 1. The van der Waals surface area contributed by atoms with Gasteiger partial charge in [-0.15, -0.1) is 0 Å². The van der Waals surface area contributed by atoms with Crippen LogP contribution in [-0.4, -0.2) is 20.9 Å². The summed E-state index contributed by atoms with van der Waals surface area (Å²) in [7, 11) is 0. The van der Waals surface area contributed by atoms with Gasteiger partial charge in [-0.25, -0.2) is 4.68 Å². The summed E-state index contributed by atoms with van der Waals surface area (Å²) in [5, 5.41) is 14.5. The average molecular weight is 259 g/mol. The summed E-state index contributed by atoms with van der Waals surface area (Å²) in [6, 6.07) is 9.55. The van der Waals surface area contributed by atoms with Crippen LogP contribution in [0.4, 0.5) is 0 Å². The molecule has 0 radical (unpaired) electrons. The molecule has 2 atom stereocenters. The summed E-state index contributed by atoms with van der Waals surface area (Å²) in [5.74, 6) is 0.466. The number of aromatic nitrogens is 2. The minimum atomic E-state index is -0.667. The van der Waals surface area contributed by atoms with E-state index < -0.39 is 6.10 Å². The lowest BCUT2D eigenvalue weighted by Gasteiger charge is -2.19. The first-order valence-corrected chi connectivity index (χ1v) is 6.61. The molecule has 0 aliphatic carbocycles. The minimum absolute atomic E-state index is 0.256. The SMILES string of the molecule is CC(C)CC(N)C(O)c1cnn(-c2ccccc2)c1. The Morgan fingerprint density at radius 1 is 1.26 bits per heavy atom. The van der Waals surface area contributed by atoms with Crippen LogP contribution in [0.3, 0.4) is 0 Å². The summed E-state index contributed by atoms with van der Waals surface area (Å²) in [6.45, 7) is 4.19. The van der Waals surface area contributed by atoms with Crippen LogP contribution < -0.4 is 5.73 Å². The maximum Gasteiger partial charge on any atom is 0.0971 e. The Morgan fingerprint density at radius 3 is 2.58 bits per heavy atom. The molecule has 0 aliphatic heterocycles. The second kappa shape index (κ2) is 5.99. The molecule has 0 amide bonds. The van der Waals surface area contributed by atoms with Crippen LogP contribution in [0, 0.1) is 5.92 Å². The highest BCUT2D eigenvalue weighted by Gasteiger charge is 2.19. The number of rotatable bonds is 5. The van der Waals surface area contributed by atoms with E-state index in [2.05, 4.69) is 18.9 Å². The molecule has 2 unspecified atom stereocenters. The van der Waals surface area contributed by atoms with Crippen molar-refractivity contribution in [2.45, 2.75) is 32.4 Å². The minimum Gasteiger partial charge on any atom is -0.387 e. The zero-order valence-corrected chi connectivity index (χ0v) is 11.4. The van der Waals surface area contributed by atoms with Gasteiger partial charge < -0.3 is 10.8 Å². The predicted molar refractivity (Wildman–Crippen MR) is 76.0 cm³/mol. The van der Waals surface area contributed by atoms with E-state index in [0.717, 1.165) is 17.7 Å². The Bertz CT molecular complexity index is 507. The second-order valence-corrected chi connectivity index (χ2v) is 5.29. The number of aliphatic hydroxyl groups is 1. The molecule has 1 aromatic carbocycles. The molecule has 2 rings (SSSR count). The highest BCUT2D eigenvalue weighted by Crippen LogP contribution is 2.20. The van der Waals surface area contributed by atoms with Crippen LogP contribution in [0.2, 0.25) is 0 Å². The fourth-order valence-corrected chi connectivity index (χ4v) is 2.13. The molecule has 0 bridgehead atoms. The number of nitrogens with two attached hydrogens (primary N) is 1. The number of nitrogens with zero attached hydrogens (tertiary/aromatic N) is 2. The average Bonchev–Trinajstić information content (AvgIpc) is 2.87. The van der Waals surface area contributed by atoms with E-state index in [4.69, 9.17) is 5.73 Å².